The van der Waals surface area contributed by atoms with E-state index in [1.807, 2.05) is 0 Å². The largest absolute Gasteiger partial charge is 0.311 e. The highest BCUT2D eigenvalue weighted by atomic mass is 15.2. The highest BCUT2D eigenvalue weighted by Gasteiger charge is 2.54. The zero-order valence-electron chi connectivity index (χ0n) is 44.8. The molecule has 0 amide bonds. The second-order valence-corrected chi connectivity index (χ2v) is 28.6. The molecule has 0 saturated heterocycles. The summed E-state index contributed by atoms with van der Waals surface area (Å²) >= 11 is 0. The molecule has 3 heteroatoms. The molecule has 6 aromatic carbocycles. The zero-order chi connectivity index (χ0) is 48.8. The van der Waals surface area contributed by atoms with Crippen LogP contribution in [0.4, 0.5) is 34.1 Å². The van der Waals surface area contributed by atoms with Gasteiger partial charge in [0.1, 0.15) is 0 Å². The lowest BCUT2D eigenvalue weighted by Crippen LogP contribution is -2.62. The van der Waals surface area contributed by atoms with E-state index in [0.717, 1.165) is 35.5 Å². The molecule has 8 saturated carbocycles. The minimum absolute atomic E-state index is 0.00793. The number of fused-ring (bicyclic) bond motifs is 5. The Morgan fingerprint density at radius 2 is 0.972 bits per heavy atom. The average Bonchev–Trinajstić information content (AvgIpc) is 3.34. The molecule has 17 rings (SSSR count). The Morgan fingerprint density at radius 1 is 0.472 bits per heavy atom. The van der Waals surface area contributed by atoms with Crippen molar-refractivity contribution in [3.05, 3.63) is 149 Å². The average molecular weight is 945 g/mol. The van der Waals surface area contributed by atoms with Crippen LogP contribution in [-0.2, 0) is 27.1 Å². The SMILES string of the molecule is Cc1cc2c3c(c1)N(c1ccc(C(C)(C)C)cc1-c1ccccc1)c1cc4c(cc1B3c1cc(C35CC6CC(CC(C6)C3)C5)ccc1N2c1ccc(C23CC5CC(CC(C5)C2)C3)cc1)C(C)(C)CCC4(C)C. The summed E-state index contributed by atoms with van der Waals surface area (Å²) in [6.07, 6.45) is 19.6. The molecule has 0 radical (unpaired) electrons. The number of hydrogen-bond acceptors (Lipinski definition) is 2. The number of rotatable bonds is 5. The zero-order valence-corrected chi connectivity index (χ0v) is 44.8. The van der Waals surface area contributed by atoms with Gasteiger partial charge >= 0.3 is 0 Å². The van der Waals surface area contributed by atoms with Gasteiger partial charge in [0.2, 0.25) is 0 Å². The van der Waals surface area contributed by atoms with Gasteiger partial charge in [0.05, 0.1) is 5.69 Å². The monoisotopic (exact) mass is 945 g/mol. The molecule has 2 aliphatic heterocycles. The molecular formula is C69H77BN2. The molecule has 2 nitrogen and oxygen atoms in total. The van der Waals surface area contributed by atoms with E-state index in [0.29, 0.717) is 10.8 Å². The summed E-state index contributed by atoms with van der Waals surface area (Å²) in [6, 6.07) is 47.7. The van der Waals surface area contributed by atoms with Gasteiger partial charge in [0, 0.05) is 34.0 Å². The lowest BCUT2D eigenvalue weighted by Gasteiger charge is -2.57. The van der Waals surface area contributed by atoms with Gasteiger partial charge in [-0.3, -0.25) is 0 Å². The molecule has 11 aliphatic rings. The smallest absolute Gasteiger partial charge is 0.252 e. The first-order valence-electron chi connectivity index (χ1n) is 28.9. The van der Waals surface area contributed by atoms with Crippen molar-refractivity contribution >= 4 is 57.2 Å². The maximum atomic E-state index is 2.82. The van der Waals surface area contributed by atoms with Crippen LogP contribution >= 0.6 is 0 Å². The van der Waals surface area contributed by atoms with Crippen LogP contribution in [0.15, 0.2) is 115 Å². The molecule has 72 heavy (non-hydrogen) atoms. The molecule has 2 heterocycles. The van der Waals surface area contributed by atoms with Crippen molar-refractivity contribution < 1.29 is 0 Å². The fourth-order valence-corrected chi connectivity index (χ4v) is 19.0. The van der Waals surface area contributed by atoms with Gasteiger partial charge in [-0.1, -0.05) is 115 Å². The van der Waals surface area contributed by atoms with Crippen molar-refractivity contribution in [2.45, 2.75) is 172 Å². The maximum Gasteiger partial charge on any atom is 0.252 e. The topological polar surface area (TPSA) is 6.48 Å². The number of aryl methyl sites for hydroxylation is 1. The van der Waals surface area contributed by atoms with Crippen LogP contribution in [0.3, 0.4) is 0 Å². The van der Waals surface area contributed by atoms with Gasteiger partial charge in [0.25, 0.3) is 6.71 Å². The Hall–Kier alpha value is -5.02. The second-order valence-electron chi connectivity index (χ2n) is 28.6. The van der Waals surface area contributed by atoms with Crippen LogP contribution in [0.25, 0.3) is 11.1 Å². The van der Waals surface area contributed by atoms with Crippen molar-refractivity contribution in [2.75, 3.05) is 9.80 Å². The molecule has 0 unspecified atom stereocenters. The summed E-state index contributed by atoms with van der Waals surface area (Å²) in [5.41, 5.74) is 24.9. The van der Waals surface area contributed by atoms with Gasteiger partial charge in [-0.2, -0.15) is 0 Å². The normalized spacial score (nSPS) is 30.5. The Balaban J connectivity index is 0.995. The van der Waals surface area contributed by atoms with Crippen molar-refractivity contribution in [3.8, 4) is 11.1 Å². The van der Waals surface area contributed by atoms with Crippen LogP contribution in [0.5, 0.6) is 0 Å². The summed E-state index contributed by atoms with van der Waals surface area (Å²) in [5, 5.41) is 0. The Morgan fingerprint density at radius 3 is 1.54 bits per heavy atom. The number of benzene rings is 6. The van der Waals surface area contributed by atoms with Gasteiger partial charge in [-0.25, -0.2) is 0 Å². The van der Waals surface area contributed by atoms with Gasteiger partial charge < -0.3 is 9.80 Å². The minimum Gasteiger partial charge on any atom is -0.311 e. The number of anilines is 6. The lowest BCUT2D eigenvalue weighted by molar-refractivity contribution is -0.00528. The molecule has 0 atom stereocenters. The summed E-state index contributed by atoms with van der Waals surface area (Å²) in [6.45, 7) is 19.7. The third kappa shape index (κ3) is 6.52. The first-order valence-corrected chi connectivity index (χ1v) is 28.9. The third-order valence-corrected chi connectivity index (χ3v) is 21.8. The fourth-order valence-electron chi connectivity index (χ4n) is 19.0. The molecule has 0 aromatic heterocycles. The number of hydrogen-bond donors (Lipinski definition) is 0. The molecule has 9 aliphatic carbocycles. The Bertz CT molecular complexity index is 3150. The van der Waals surface area contributed by atoms with E-state index in [2.05, 4.69) is 180 Å². The highest BCUT2D eigenvalue weighted by Crippen LogP contribution is 2.63. The maximum absolute atomic E-state index is 2.82. The first kappa shape index (κ1) is 44.5. The lowest BCUT2D eigenvalue weighted by atomic mass is 9.32. The fraction of sp³-hybridized carbons (Fsp3) is 0.478. The summed E-state index contributed by atoms with van der Waals surface area (Å²) in [5.74, 6) is 5.50. The number of nitrogens with zero attached hydrogens (tertiary/aromatic N) is 2. The van der Waals surface area contributed by atoms with E-state index in [1.165, 1.54) is 168 Å². The van der Waals surface area contributed by atoms with Crippen LogP contribution < -0.4 is 26.2 Å². The van der Waals surface area contributed by atoms with E-state index in [9.17, 15) is 0 Å². The van der Waals surface area contributed by atoms with E-state index in [1.54, 1.807) is 16.7 Å². The third-order valence-electron chi connectivity index (χ3n) is 21.8. The van der Waals surface area contributed by atoms with Crippen molar-refractivity contribution in [1.29, 1.82) is 0 Å². The van der Waals surface area contributed by atoms with E-state index in [4.69, 9.17) is 0 Å². The molecule has 8 bridgehead atoms. The summed E-state index contributed by atoms with van der Waals surface area (Å²) in [7, 11) is 0. The van der Waals surface area contributed by atoms with Gasteiger partial charge in [0.15, 0.2) is 0 Å². The standard InChI is InChI=1S/C69H77BN2/c1-42-24-62-64-63(25-42)72(59-20-16-51(65(2,3)4)32-54(59)49-12-10-9-11-13-49)61-35-56-55(66(5,6)22-23-67(56,7)8)34-58(61)70(64)57-33-52(69-39-46-29-47(40-69)31-48(30-46)41-69)17-21-60(57)71(62)53-18-14-50(15-19-53)68-36-43-26-44(37-68)28-45(27-43)38-68/h9-21,24-25,32-35,43-48H,22-23,26-31,36-41H2,1-8H3. The van der Waals surface area contributed by atoms with Crippen molar-refractivity contribution in [3.63, 3.8) is 0 Å². The summed E-state index contributed by atoms with van der Waals surface area (Å²) in [4.78, 5) is 5.49. The first-order chi connectivity index (χ1) is 34.5. The molecular weight excluding hydrogens is 868 g/mol. The summed E-state index contributed by atoms with van der Waals surface area (Å²) < 4.78 is 0. The van der Waals surface area contributed by atoms with Gasteiger partial charge in [-0.05, 0) is 263 Å². The molecule has 6 aromatic rings. The predicted octanol–water partition coefficient (Wildman–Crippen LogP) is 16.3. The van der Waals surface area contributed by atoms with Crippen LogP contribution in [0.1, 0.15) is 172 Å². The molecule has 0 N–H and O–H groups in total. The Kier molecular flexibility index (Phi) is 9.31. The molecule has 0 spiro atoms. The van der Waals surface area contributed by atoms with Crippen LogP contribution in [0, 0.1) is 42.4 Å². The van der Waals surface area contributed by atoms with E-state index in [-0.39, 0.29) is 23.0 Å². The van der Waals surface area contributed by atoms with Gasteiger partial charge in [-0.15, -0.1) is 0 Å². The second kappa shape index (κ2) is 15.1. The quantitative estimate of drug-likeness (QED) is 0.159. The van der Waals surface area contributed by atoms with Crippen LogP contribution in [-0.4, -0.2) is 6.71 Å². The Labute approximate surface area is 432 Å². The van der Waals surface area contributed by atoms with Crippen LogP contribution in [0.2, 0.25) is 0 Å². The molecule has 366 valence electrons. The predicted molar refractivity (Wildman–Crippen MR) is 304 cm³/mol. The van der Waals surface area contributed by atoms with E-state index < -0.39 is 0 Å². The van der Waals surface area contributed by atoms with E-state index >= 15 is 0 Å². The van der Waals surface area contributed by atoms with Crippen molar-refractivity contribution in [1.82, 2.24) is 0 Å². The highest BCUT2D eigenvalue weighted by molar-refractivity contribution is 7.00. The van der Waals surface area contributed by atoms with Crippen molar-refractivity contribution in [2.24, 2.45) is 35.5 Å². The minimum atomic E-state index is 0.00793. The molecule has 8 fully saturated rings.